The molecule has 1 aliphatic heterocycles. The first-order valence-corrected chi connectivity index (χ1v) is 8.52. The normalized spacial score (nSPS) is 24.0. The van der Waals surface area contributed by atoms with Gasteiger partial charge in [0.15, 0.2) is 0 Å². The Morgan fingerprint density at radius 1 is 1.38 bits per heavy atom. The first-order chi connectivity index (χ1) is 9.75. The number of sulfonamides is 1. The van der Waals surface area contributed by atoms with Crippen LogP contribution in [-0.4, -0.2) is 30.2 Å². The van der Waals surface area contributed by atoms with Crippen molar-refractivity contribution in [3.05, 3.63) is 33.3 Å². The van der Waals surface area contributed by atoms with Crippen molar-refractivity contribution in [2.24, 2.45) is 5.92 Å². The summed E-state index contributed by atoms with van der Waals surface area (Å²) in [5.74, 6) is 0.260. The van der Waals surface area contributed by atoms with Crippen molar-refractivity contribution in [1.29, 1.82) is 0 Å². The molecule has 1 aromatic carbocycles. The molecular weight excluding hydrogens is 316 g/mol. The fourth-order valence-corrected chi connectivity index (χ4v) is 4.54. The van der Waals surface area contributed by atoms with E-state index in [1.807, 2.05) is 13.8 Å². The van der Waals surface area contributed by atoms with Crippen LogP contribution in [-0.2, 0) is 10.0 Å². The molecule has 116 valence electrons. The summed E-state index contributed by atoms with van der Waals surface area (Å²) >= 11 is 5.73. The second kappa shape index (κ2) is 5.90. The highest BCUT2D eigenvalue weighted by Crippen LogP contribution is 2.32. The summed E-state index contributed by atoms with van der Waals surface area (Å²) in [5, 5.41) is 10.8. The molecule has 0 spiro atoms. The van der Waals surface area contributed by atoms with Crippen LogP contribution in [0.25, 0.3) is 0 Å². The van der Waals surface area contributed by atoms with Crippen LogP contribution in [0.2, 0.25) is 5.02 Å². The lowest BCUT2D eigenvalue weighted by Crippen LogP contribution is -2.45. The Morgan fingerprint density at radius 2 is 2.05 bits per heavy atom. The molecule has 0 bridgehead atoms. The zero-order chi connectivity index (χ0) is 15.8. The third kappa shape index (κ3) is 3.04. The van der Waals surface area contributed by atoms with E-state index in [4.69, 9.17) is 11.6 Å². The molecule has 2 atom stereocenters. The van der Waals surface area contributed by atoms with Gasteiger partial charge in [0.05, 0.1) is 9.82 Å². The number of rotatable bonds is 3. The Balaban J connectivity index is 2.44. The Kier molecular flexibility index (Phi) is 4.55. The molecule has 0 saturated carbocycles. The van der Waals surface area contributed by atoms with Crippen LogP contribution in [0.5, 0.6) is 0 Å². The summed E-state index contributed by atoms with van der Waals surface area (Å²) in [4.78, 5) is 10.1. The summed E-state index contributed by atoms with van der Waals surface area (Å²) in [7, 11) is -3.75. The van der Waals surface area contributed by atoms with Gasteiger partial charge in [0.1, 0.15) is 5.02 Å². The van der Waals surface area contributed by atoms with Crippen LogP contribution >= 0.6 is 11.6 Å². The van der Waals surface area contributed by atoms with Gasteiger partial charge in [0, 0.05) is 18.7 Å². The Hall–Kier alpha value is -1.18. The van der Waals surface area contributed by atoms with E-state index in [1.165, 1.54) is 16.4 Å². The molecule has 6 nitrogen and oxygen atoms in total. The molecule has 0 amide bonds. The number of benzene rings is 1. The van der Waals surface area contributed by atoms with Gasteiger partial charge < -0.3 is 0 Å². The Morgan fingerprint density at radius 3 is 2.67 bits per heavy atom. The van der Waals surface area contributed by atoms with Crippen LogP contribution < -0.4 is 0 Å². The Bertz CT molecular complexity index is 662. The second-order valence-corrected chi connectivity index (χ2v) is 7.64. The van der Waals surface area contributed by atoms with E-state index in [0.29, 0.717) is 6.54 Å². The largest absolute Gasteiger partial charge is 0.289 e. The molecule has 2 unspecified atom stereocenters. The van der Waals surface area contributed by atoms with E-state index in [-0.39, 0.29) is 21.9 Å². The van der Waals surface area contributed by atoms with Gasteiger partial charge in [-0.15, -0.1) is 0 Å². The Labute approximate surface area is 128 Å². The summed E-state index contributed by atoms with van der Waals surface area (Å²) in [5.41, 5.74) is -0.393. The van der Waals surface area contributed by atoms with Crippen molar-refractivity contribution < 1.29 is 13.3 Å². The van der Waals surface area contributed by atoms with Gasteiger partial charge in [-0.1, -0.05) is 18.5 Å². The highest BCUT2D eigenvalue weighted by molar-refractivity contribution is 7.89. The van der Waals surface area contributed by atoms with Crippen LogP contribution in [0.15, 0.2) is 23.1 Å². The molecule has 1 saturated heterocycles. The van der Waals surface area contributed by atoms with E-state index < -0.39 is 20.6 Å². The maximum Gasteiger partial charge on any atom is 0.289 e. The topological polar surface area (TPSA) is 80.5 Å². The van der Waals surface area contributed by atoms with Gasteiger partial charge in [-0.2, -0.15) is 4.31 Å². The summed E-state index contributed by atoms with van der Waals surface area (Å²) < 4.78 is 26.8. The van der Waals surface area contributed by atoms with Crippen LogP contribution in [0, 0.1) is 16.0 Å². The molecule has 8 heteroatoms. The average Bonchev–Trinajstić information content (AvgIpc) is 2.41. The van der Waals surface area contributed by atoms with Crippen LogP contribution in [0.3, 0.4) is 0 Å². The van der Waals surface area contributed by atoms with Gasteiger partial charge >= 0.3 is 0 Å². The van der Waals surface area contributed by atoms with Crippen LogP contribution in [0.1, 0.15) is 26.7 Å². The van der Waals surface area contributed by atoms with Gasteiger partial charge in [0.25, 0.3) is 5.69 Å². The quantitative estimate of drug-likeness (QED) is 0.629. The number of hydrogen-bond donors (Lipinski definition) is 0. The van der Waals surface area contributed by atoms with Crippen molar-refractivity contribution in [3.63, 3.8) is 0 Å². The minimum absolute atomic E-state index is 0.0704. The first kappa shape index (κ1) is 16.2. The van der Waals surface area contributed by atoms with Crippen molar-refractivity contribution in [1.82, 2.24) is 4.31 Å². The summed E-state index contributed by atoms with van der Waals surface area (Å²) in [6.07, 6.45) is 1.77. The molecule has 0 aromatic heterocycles. The maximum absolute atomic E-state index is 12.7. The number of piperidine rings is 1. The molecule has 0 radical (unpaired) electrons. The summed E-state index contributed by atoms with van der Waals surface area (Å²) in [6.45, 7) is 4.31. The lowest BCUT2D eigenvalue weighted by Gasteiger charge is -2.36. The van der Waals surface area contributed by atoms with Crippen molar-refractivity contribution in [2.45, 2.75) is 37.6 Å². The zero-order valence-corrected chi connectivity index (χ0v) is 13.4. The maximum atomic E-state index is 12.7. The molecule has 21 heavy (non-hydrogen) atoms. The number of halogens is 1. The molecule has 1 aromatic rings. The fraction of sp³-hybridized carbons (Fsp3) is 0.538. The SMILES string of the molecule is CC1CCCN(S(=O)(=O)c2ccc(Cl)c([N+](=O)[O-])c2)C1C. The number of nitro groups is 1. The number of hydrogen-bond acceptors (Lipinski definition) is 4. The average molecular weight is 333 g/mol. The van der Waals surface area contributed by atoms with Gasteiger partial charge in [-0.05, 0) is 37.8 Å². The van der Waals surface area contributed by atoms with Crippen molar-refractivity contribution in [3.8, 4) is 0 Å². The standard InChI is InChI=1S/C13H17ClN2O4S/c1-9-4-3-7-15(10(9)2)21(19,20)11-5-6-12(14)13(8-11)16(17)18/h5-6,8-10H,3-4,7H2,1-2H3. The lowest BCUT2D eigenvalue weighted by molar-refractivity contribution is -0.384. The number of nitro benzene ring substituents is 1. The fourth-order valence-electron chi connectivity index (χ4n) is 2.57. The monoisotopic (exact) mass is 332 g/mol. The van der Waals surface area contributed by atoms with Crippen LogP contribution in [0.4, 0.5) is 5.69 Å². The van der Waals surface area contributed by atoms with E-state index in [2.05, 4.69) is 0 Å². The predicted molar refractivity (Wildman–Crippen MR) is 79.9 cm³/mol. The minimum atomic E-state index is -3.75. The molecule has 1 fully saturated rings. The van der Waals surface area contributed by atoms with E-state index in [1.54, 1.807) is 0 Å². The van der Waals surface area contributed by atoms with Gasteiger partial charge in [-0.3, -0.25) is 10.1 Å². The smallest absolute Gasteiger partial charge is 0.258 e. The molecule has 2 rings (SSSR count). The lowest BCUT2D eigenvalue weighted by atomic mass is 9.94. The third-order valence-corrected chi connectivity index (χ3v) is 6.34. The molecule has 0 N–H and O–H groups in total. The summed E-state index contributed by atoms with van der Waals surface area (Å²) in [6, 6.07) is 3.48. The zero-order valence-electron chi connectivity index (χ0n) is 11.8. The molecule has 1 heterocycles. The molecule has 0 aliphatic carbocycles. The second-order valence-electron chi connectivity index (χ2n) is 5.35. The highest BCUT2D eigenvalue weighted by Gasteiger charge is 2.35. The van der Waals surface area contributed by atoms with Gasteiger partial charge in [0.2, 0.25) is 10.0 Å². The van der Waals surface area contributed by atoms with Crippen molar-refractivity contribution >= 4 is 27.3 Å². The number of nitrogens with zero attached hydrogens (tertiary/aromatic N) is 2. The van der Waals surface area contributed by atoms with Gasteiger partial charge in [-0.25, -0.2) is 8.42 Å². The highest BCUT2D eigenvalue weighted by atomic mass is 35.5. The minimum Gasteiger partial charge on any atom is -0.258 e. The third-order valence-electron chi connectivity index (χ3n) is 4.04. The molecule has 1 aliphatic rings. The van der Waals surface area contributed by atoms with E-state index in [0.717, 1.165) is 18.9 Å². The van der Waals surface area contributed by atoms with Crippen molar-refractivity contribution in [2.75, 3.05) is 6.54 Å². The van der Waals surface area contributed by atoms with E-state index >= 15 is 0 Å². The predicted octanol–water partition coefficient (Wildman–Crippen LogP) is 3.06. The molecular formula is C13H17ClN2O4S. The van der Waals surface area contributed by atoms with E-state index in [9.17, 15) is 18.5 Å². The first-order valence-electron chi connectivity index (χ1n) is 6.71.